The smallest absolute Gasteiger partial charge is 0.220 e. The van der Waals surface area contributed by atoms with Gasteiger partial charge in [-0.05, 0) is 43.4 Å². The predicted molar refractivity (Wildman–Crippen MR) is 104 cm³/mol. The standard InChI is InChI=1S/C22H25N3O/c23-17-19-10-4-5-11-21(19)25-15-13-20(14-16-25)24-22(26)12-6-9-18-7-2-1-3-8-18/h1-5,7-8,10-11,20H,6,9,12-16H2,(H,24,26). The average molecular weight is 347 g/mol. The number of carbonyl (C=O) groups excluding carboxylic acids is 1. The van der Waals surface area contributed by atoms with E-state index < -0.39 is 0 Å². The highest BCUT2D eigenvalue weighted by atomic mass is 16.1. The highest BCUT2D eigenvalue weighted by Gasteiger charge is 2.22. The van der Waals surface area contributed by atoms with Gasteiger partial charge in [0.2, 0.25) is 5.91 Å². The zero-order valence-corrected chi connectivity index (χ0v) is 15.0. The van der Waals surface area contributed by atoms with Gasteiger partial charge in [0, 0.05) is 25.6 Å². The van der Waals surface area contributed by atoms with Gasteiger partial charge in [0.15, 0.2) is 0 Å². The number of amides is 1. The third-order valence-electron chi connectivity index (χ3n) is 4.94. The highest BCUT2D eigenvalue weighted by molar-refractivity contribution is 5.76. The van der Waals surface area contributed by atoms with Gasteiger partial charge >= 0.3 is 0 Å². The number of piperidine rings is 1. The summed E-state index contributed by atoms with van der Waals surface area (Å²) in [6, 6.07) is 20.5. The summed E-state index contributed by atoms with van der Waals surface area (Å²) in [5.74, 6) is 0.150. The minimum Gasteiger partial charge on any atom is -0.370 e. The first-order valence-electron chi connectivity index (χ1n) is 9.33. The number of aryl methyl sites for hydroxylation is 1. The molecule has 0 spiro atoms. The van der Waals surface area contributed by atoms with Crippen LogP contribution in [-0.2, 0) is 11.2 Å². The first-order valence-corrected chi connectivity index (χ1v) is 9.33. The number of nitriles is 1. The van der Waals surface area contributed by atoms with Crippen molar-refractivity contribution in [3.63, 3.8) is 0 Å². The van der Waals surface area contributed by atoms with E-state index in [2.05, 4.69) is 28.4 Å². The summed E-state index contributed by atoms with van der Waals surface area (Å²) in [6.07, 6.45) is 4.24. The van der Waals surface area contributed by atoms with Gasteiger partial charge in [-0.15, -0.1) is 0 Å². The van der Waals surface area contributed by atoms with Crippen molar-refractivity contribution in [2.24, 2.45) is 0 Å². The van der Waals surface area contributed by atoms with Crippen LogP contribution in [0.5, 0.6) is 0 Å². The number of nitrogens with zero attached hydrogens (tertiary/aromatic N) is 2. The number of carbonyl (C=O) groups is 1. The summed E-state index contributed by atoms with van der Waals surface area (Å²) < 4.78 is 0. The topological polar surface area (TPSA) is 56.1 Å². The van der Waals surface area contributed by atoms with E-state index in [9.17, 15) is 10.1 Å². The molecule has 0 aliphatic carbocycles. The lowest BCUT2D eigenvalue weighted by atomic mass is 10.0. The number of hydrogen-bond donors (Lipinski definition) is 1. The lowest BCUT2D eigenvalue weighted by molar-refractivity contribution is -0.122. The number of para-hydroxylation sites is 1. The second kappa shape index (κ2) is 9.05. The molecule has 3 rings (SSSR count). The van der Waals surface area contributed by atoms with Gasteiger partial charge in [0.1, 0.15) is 6.07 Å². The van der Waals surface area contributed by atoms with E-state index in [0.717, 1.165) is 50.0 Å². The van der Waals surface area contributed by atoms with Gasteiger partial charge in [-0.25, -0.2) is 0 Å². The largest absolute Gasteiger partial charge is 0.370 e. The maximum absolute atomic E-state index is 12.2. The summed E-state index contributed by atoms with van der Waals surface area (Å²) in [5, 5.41) is 12.4. The van der Waals surface area contributed by atoms with Crippen LogP contribution in [0.3, 0.4) is 0 Å². The number of benzene rings is 2. The fourth-order valence-electron chi connectivity index (χ4n) is 3.51. The SMILES string of the molecule is N#Cc1ccccc1N1CCC(NC(=O)CCCc2ccccc2)CC1. The van der Waals surface area contributed by atoms with Gasteiger partial charge in [-0.1, -0.05) is 42.5 Å². The summed E-state index contributed by atoms with van der Waals surface area (Å²) in [4.78, 5) is 14.4. The van der Waals surface area contributed by atoms with Crippen LogP contribution in [0.15, 0.2) is 54.6 Å². The fraction of sp³-hybridized carbons (Fsp3) is 0.364. The molecule has 1 fully saturated rings. The van der Waals surface area contributed by atoms with Crippen LogP contribution < -0.4 is 10.2 Å². The van der Waals surface area contributed by atoms with E-state index in [4.69, 9.17) is 0 Å². The molecule has 0 aromatic heterocycles. The molecular formula is C22H25N3O. The van der Waals surface area contributed by atoms with Crippen molar-refractivity contribution in [1.29, 1.82) is 5.26 Å². The molecule has 1 saturated heterocycles. The van der Waals surface area contributed by atoms with Crippen LogP contribution in [0.2, 0.25) is 0 Å². The molecular weight excluding hydrogens is 322 g/mol. The highest BCUT2D eigenvalue weighted by Crippen LogP contribution is 2.23. The van der Waals surface area contributed by atoms with Crippen LogP contribution >= 0.6 is 0 Å². The zero-order valence-electron chi connectivity index (χ0n) is 15.0. The Hall–Kier alpha value is -2.80. The normalized spacial score (nSPS) is 14.7. The van der Waals surface area contributed by atoms with Crippen LogP contribution in [-0.4, -0.2) is 25.0 Å². The van der Waals surface area contributed by atoms with Crippen molar-refractivity contribution in [1.82, 2.24) is 5.32 Å². The summed E-state index contributed by atoms with van der Waals surface area (Å²) in [7, 11) is 0. The Balaban J connectivity index is 1.41. The van der Waals surface area contributed by atoms with Gasteiger partial charge in [-0.2, -0.15) is 5.26 Å². The first kappa shape index (κ1) is 18.0. The third-order valence-corrected chi connectivity index (χ3v) is 4.94. The van der Waals surface area contributed by atoms with Crippen molar-refractivity contribution in [2.75, 3.05) is 18.0 Å². The maximum atomic E-state index is 12.2. The lowest BCUT2D eigenvalue weighted by Gasteiger charge is -2.34. The van der Waals surface area contributed by atoms with E-state index >= 15 is 0 Å². The molecule has 26 heavy (non-hydrogen) atoms. The van der Waals surface area contributed by atoms with Crippen molar-refractivity contribution in [3.05, 3.63) is 65.7 Å². The van der Waals surface area contributed by atoms with E-state index in [1.165, 1.54) is 5.56 Å². The van der Waals surface area contributed by atoms with Gasteiger partial charge in [0.25, 0.3) is 0 Å². The number of rotatable bonds is 6. The number of anilines is 1. The van der Waals surface area contributed by atoms with Crippen molar-refractivity contribution in [3.8, 4) is 6.07 Å². The van der Waals surface area contributed by atoms with Crippen LogP contribution in [0.25, 0.3) is 0 Å². The molecule has 2 aromatic carbocycles. The third kappa shape index (κ3) is 4.86. The fourth-order valence-corrected chi connectivity index (χ4v) is 3.51. The molecule has 1 heterocycles. The predicted octanol–water partition coefficient (Wildman–Crippen LogP) is 3.67. The molecule has 1 N–H and O–H groups in total. The monoisotopic (exact) mass is 347 g/mol. The molecule has 0 saturated carbocycles. The Morgan fingerprint density at radius 1 is 1.08 bits per heavy atom. The minimum atomic E-state index is 0.150. The minimum absolute atomic E-state index is 0.150. The van der Waals surface area contributed by atoms with E-state index in [0.29, 0.717) is 6.42 Å². The molecule has 0 radical (unpaired) electrons. The van der Waals surface area contributed by atoms with Crippen LogP contribution in [0.4, 0.5) is 5.69 Å². The molecule has 1 aliphatic heterocycles. The Labute approximate surface area is 155 Å². The van der Waals surface area contributed by atoms with Crippen LogP contribution in [0.1, 0.15) is 36.8 Å². The summed E-state index contributed by atoms with van der Waals surface area (Å²) in [5.41, 5.74) is 3.00. The molecule has 2 aromatic rings. The second-order valence-electron chi connectivity index (χ2n) is 6.80. The van der Waals surface area contributed by atoms with Crippen molar-refractivity contribution < 1.29 is 4.79 Å². The Morgan fingerprint density at radius 2 is 1.77 bits per heavy atom. The Morgan fingerprint density at radius 3 is 2.50 bits per heavy atom. The molecule has 4 heteroatoms. The van der Waals surface area contributed by atoms with Gasteiger partial charge < -0.3 is 10.2 Å². The Kier molecular flexibility index (Phi) is 6.27. The van der Waals surface area contributed by atoms with E-state index in [-0.39, 0.29) is 11.9 Å². The van der Waals surface area contributed by atoms with Gasteiger partial charge in [-0.3, -0.25) is 4.79 Å². The second-order valence-corrected chi connectivity index (χ2v) is 6.80. The average Bonchev–Trinajstić information content (AvgIpc) is 2.69. The Bertz CT molecular complexity index is 758. The van der Waals surface area contributed by atoms with E-state index in [1.807, 2.05) is 42.5 Å². The number of hydrogen-bond acceptors (Lipinski definition) is 3. The molecule has 0 atom stereocenters. The van der Waals surface area contributed by atoms with Crippen molar-refractivity contribution >= 4 is 11.6 Å². The molecule has 1 aliphatic rings. The van der Waals surface area contributed by atoms with Crippen LogP contribution in [0, 0.1) is 11.3 Å². The zero-order chi connectivity index (χ0) is 18.2. The number of nitrogens with one attached hydrogen (secondary N) is 1. The van der Waals surface area contributed by atoms with E-state index in [1.54, 1.807) is 0 Å². The van der Waals surface area contributed by atoms with Gasteiger partial charge in [0.05, 0.1) is 11.3 Å². The van der Waals surface area contributed by atoms with Crippen molar-refractivity contribution in [2.45, 2.75) is 38.1 Å². The molecule has 0 unspecified atom stereocenters. The maximum Gasteiger partial charge on any atom is 0.220 e. The molecule has 4 nitrogen and oxygen atoms in total. The molecule has 1 amide bonds. The summed E-state index contributed by atoms with van der Waals surface area (Å²) in [6.45, 7) is 1.74. The molecule has 134 valence electrons. The quantitative estimate of drug-likeness (QED) is 0.867. The first-order chi connectivity index (χ1) is 12.8. The lowest BCUT2D eigenvalue weighted by Crippen LogP contribution is -2.44. The summed E-state index contributed by atoms with van der Waals surface area (Å²) >= 11 is 0. The molecule has 0 bridgehead atoms.